The van der Waals surface area contributed by atoms with Gasteiger partial charge in [0.2, 0.25) is 0 Å². The van der Waals surface area contributed by atoms with Crippen molar-refractivity contribution >= 4 is 27.5 Å². The average molecular weight is 338 g/mol. The van der Waals surface area contributed by atoms with Gasteiger partial charge in [-0.1, -0.05) is 35.7 Å². The van der Waals surface area contributed by atoms with E-state index in [1.807, 2.05) is 12.1 Å². The molecule has 1 saturated heterocycles. The number of halogens is 1. The van der Waals surface area contributed by atoms with E-state index in [1.165, 1.54) is 32.1 Å². The predicted molar refractivity (Wildman–Crippen MR) is 89.6 cm³/mol. The zero-order valence-corrected chi connectivity index (χ0v) is 13.7. The first-order chi connectivity index (χ1) is 9.61. The maximum atomic E-state index is 7.76. The Bertz CT molecular complexity index is 473. The van der Waals surface area contributed by atoms with Crippen molar-refractivity contribution in [3.63, 3.8) is 0 Å². The highest BCUT2D eigenvalue weighted by molar-refractivity contribution is 9.10. The Balaban J connectivity index is 2.18. The summed E-state index contributed by atoms with van der Waals surface area (Å²) in [5.74, 6) is 1.01. The number of rotatable bonds is 4. The highest BCUT2D eigenvalue weighted by Crippen LogP contribution is 2.29. The molecule has 20 heavy (non-hydrogen) atoms. The molecule has 1 atom stereocenters. The van der Waals surface area contributed by atoms with Gasteiger partial charge in [0.1, 0.15) is 5.84 Å². The third kappa shape index (κ3) is 3.75. The summed E-state index contributed by atoms with van der Waals surface area (Å²) in [6.07, 6.45) is 6.42. The van der Waals surface area contributed by atoms with Crippen molar-refractivity contribution in [1.82, 2.24) is 0 Å². The number of benzene rings is 1. The van der Waals surface area contributed by atoms with Crippen LogP contribution < -0.4 is 10.6 Å². The van der Waals surface area contributed by atoms with Crippen LogP contribution in [0.15, 0.2) is 22.7 Å². The van der Waals surface area contributed by atoms with Gasteiger partial charge < -0.3 is 10.6 Å². The fourth-order valence-electron chi connectivity index (χ4n) is 3.10. The maximum absolute atomic E-state index is 7.76. The van der Waals surface area contributed by atoms with Crippen molar-refractivity contribution in [1.29, 1.82) is 5.41 Å². The molecule has 0 aliphatic carbocycles. The number of nitrogens with two attached hydrogens (primary N) is 1. The van der Waals surface area contributed by atoms with Crippen LogP contribution in [-0.4, -0.2) is 18.9 Å². The second kappa shape index (κ2) is 7.11. The second-order valence-electron chi connectivity index (χ2n) is 5.65. The minimum atomic E-state index is 0.154. The first kappa shape index (κ1) is 15.4. The highest BCUT2D eigenvalue weighted by Gasteiger charge is 2.19. The van der Waals surface area contributed by atoms with E-state index >= 15 is 0 Å². The van der Waals surface area contributed by atoms with Gasteiger partial charge in [0.05, 0.1) is 0 Å². The fraction of sp³-hybridized carbons (Fsp3) is 0.562. The van der Waals surface area contributed by atoms with Gasteiger partial charge in [-0.3, -0.25) is 5.41 Å². The van der Waals surface area contributed by atoms with Gasteiger partial charge in [0.25, 0.3) is 0 Å². The van der Waals surface area contributed by atoms with Gasteiger partial charge in [0.15, 0.2) is 0 Å². The van der Waals surface area contributed by atoms with Gasteiger partial charge in [-0.15, -0.1) is 0 Å². The molecule has 1 aliphatic rings. The van der Waals surface area contributed by atoms with Crippen LogP contribution in [0.5, 0.6) is 0 Å². The lowest BCUT2D eigenvalue weighted by Crippen LogP contribution is -2.27. The SMILES string of the molecule is CCCC1CCCN(c2cc(Br)ccc2C(=N)N)CC1. The van der Waals surface area contributed by atoms with Crippen molar-refractivity contribution in [3.8, 4) is 0 Å². The molecule has 0 spiro atoms. The van der Waals surface area contributed by atoms with Crippen LogP contribution >= 0.6 is 15.9 Å². The lowest BCUT2D eigenvalue weighted by Gasteiger charge is -2.25. The van der Waals surface area contributed by atoms with Crippen molar-refractivity contribution in [2.24, 2.45) is 11.7 Å². The number of amidine groups is 1. The summed E-state index contributed by atoms with van der Waals surface area (Å²) >= 11 is 3.53. The molecule has 0 bridgehead atoms. The molecule has 4 heteroatoms. The van der Waals surface area contributed by atoms with E-state index in [0.717, 1.165) is 34.7 Å². The first-order valence-corrected chi connectivity index (χ1v) is 8.30. The van der Waals surface area contributed by atoms with E-state index in [1.54, 1.807) is 0 Å². The van der Waals surface area contributed by atoms with Crippen LogP contribution in [0.2, 0.25) is 0 Å². The molecule has 1 heterocycles. The van der Waals surface area contributed by atoms with E-state index in [2.05, 4.69) is 33.8 Å². The Labute approximate surface area is 130 Å². The van der Waals surface area contributed by atoms with E-state index in [0.29, 0.717) is 0 Å². The van der Waals surface area contributed by atoms with E-state index in [4.69, 9.17) is 11.1 Å². The normalized spacial score (nSPS) is 19.7. The summed E-state index contributed by atoms with van der Waals surface area (Å²) in [7, 11) is 0. The topological polar surface area (TPSA) is 53.1 Å². The smallest absolute Gasteiger partial charge is 0.124 e. The van der Waals surface area contributed by atoms with Crippen LogP contribution in [0, 0.1) is 11.3 Å². The van der Waals surface area contributed by atoms with Gasteiger partial charge in [-0.05, 0) is 43.4 Å². The van der Waals surface area contributed by atoms with Crippen LogP contribution in [-0.2, 0) is 0 Å². The molecule has 1 fully saturated rings. The molecular formula is C16H24BrN3. The summed E-state index contributed by atoms with van der Waals surface area (Å²) in [6, 6.07) is 5.99. The summed E-state index contributed by atoms with van der Waals surface area (Å²) < 4.78 is 1.05. The van der Waals surface area contributed by atoms with Crippen molar-refractivity contribution in [2.45, 2.75) is 39.0 Å². The molecule has 3 nitrogen and oxygen atoms in total. The lowest BCUT2D eigenvalue weighted by molar-refractivity contribution is 0.435. The van der Waals surface area contributed by atoms with E-state index < -0.39 is 0 Å². The third-order valence-electron chi connectivity index (χ3n) is 4.14. The molecule has 0 saturated carbocycles. The summed E-state index contributed by atoms with van der Waals surface area (Å²) in [4.78, 5) is 2.40. The Morgan fingerprint density at radius 2 is 2.20 bits per heavy atom. The number of hydrogen-bond acceptors (Lipinski definition) is 2. The van der Waals surface area contributed by atoms with Crippen LogP contribution in [0.3, 0.4) is 0 Å². The molecule has 0 radical (unpaired) electrons. The van der Waals surface area contributed by atoms with Crippen LogP contribution in [0.1, 0.15) is 44.6 Å². The van der Waals surface area contributed by atoms with Crippen LogP contribution in [0.25, 0.3) is 0 Å². The van der Waals surface area contributed by atoms with Gasteiger partial charge in [-0.2, -0.15) is 0 Å². The molecule has 1 aromatic rings. The van der Waals surface area contributed by atoms with Gasteiger partial charge in [0, 0.05) is 28.8 Å². The molecule has 2 rings (SSSR count). The molecule has 1 aromatic carbocycles. The second-order valence-corrected chi connectivity index (χ2v) is 6.56. The minimum Gasteiger partial charge on any atom is -0.384 e. The molecule has 110 valence electrons. The predicted octanol–water partition coefficient (Wildman–Crippen LogP) is 4.14. The van der Waals surface area contributed by atoms with Crippen molar-refractivity contribution in [3.05, 3.63) is 28.2 Å². The number of nitrogens with one attached hydrogen (secondary N) is 1. The Hall–Kier alpha value is -1.03. The van der Waals surface area contributed by atoms with Gasteiger partial charge in [-0.25, -0.2) is 0 Å². The zero-order chi connectivity index (χ0) is 14.5. The number of nitrogen functional groups attached to an aromatic ring is 1. The largest absolute Gasteiger partial charge is 0.384 e. The summed E-state index contributed by atoms with van der Waals surface area (Å²) in [5, 5.41) is 7.76. The zero-order valence-electron chi connectivity index (χ0n) is 12.2. The number of nitrogens with zero attached hydrogens (tertiary/aromatic N) is 1. The van der Waals surface area contributed by atoms with Crippen LogP contribution in [0.4, 0.5) is 5.69 Å². The summed E-state index contributed by atoms with van der Waals surface area (Å²) in [5.41, 5.74) is 7.68. The quantitative estimate of drug-likeness (QED) is 0.640. The summed E-state index contributed by atoms with van der Waals surface area (Å²) in [6.45, 7) is 4.41. The van der Waals surface area contributed by atoms with Crippen molar-refractivity contribution < 1.29 is 0 Å². The van der Waals surface area contributed by atoms with Gasteiger partial charge >= 0.3 is 0 Å². The van der Waals surface area contributed by atoms with Crippen molar-refractivity contribution in [2.75, 3.05) is 18.0 Å². The Morgan fingerprint density at radius 1 is 1.40 bits per heavy atom. The third-order valence-corrected chi connectivity index (χ3v) is 4.63. The maximum Gasteiger partial charge on any atom is 0.124 e. The van der Waals surface area contributed by atoms with E-state index in [-0.39, 0.29) is 5.84 Å². The number of hydrogen-bond donors (Lipinski definition) is 2. The Morgan fingerprint density at radius 3 is 2.90 bits per heavy atom. The minimum absolute atomic E-state index is 0.154. The monoisotopic (exact) mass is 337 g/mol. The molecular weight excluding hydrogens is 314 g/mol. The fourth-order valence-corrected chi connectivity index (χ4v) is 3.45. The molecule has 0 amide bonds. The average Bonchev–Trinajstić information content (AvgIpc) is 2.64. The molecule has 0 aromatic heterocycles. The first-order valence-electron chi connectivity index (χ1n) is 7.50. The lowest BCUT2D eigenvalue weighted by atomic mass is 9.96. The highest BCUT2D eigenvalue weighted by atomic mass is 79.9. The Kier molecular flexibility index (Phi) is 5.46. The standard InChI is InChI=1S/C16H24BrN3/c1-2-4-12-5-3-9-20(10-8-12)15-11-13(17)6-7-14(15)16(18)19/h6-7,11-12H,2-5,8-10H2,1H3,(H3,18,19). The van der Waals surface area contributed by atoms with E-state index in [9.17, 15) is 0 Å². The number of anilines is 1. The molecule has 1 unspecified atom stereocenters. The molecule has 1 aliphatic heterocycles. The molecule has 3 N–H and O–H groups in total.